The van der Waals surface area contributed by atoms with E-state index < -0.39 is 4.92 Å². The molecular weight excluding hydrogens is 432 g/mol. The summed E-state index contributed by atoms with van der Waals surface area (Å²) in [5.41, 5.74) is 3.44. The summed E-state index contributed by atoms with van der Waals surface area (Å²) in [6, 6.07) is 25.8. The van der Waals surface area contributed by atoms with Crippen LogP contribution in [0.25, 0.3) is 22.6 Å². The van der Waals surface area contributed by atoms with E-state index in [2.05, 4.69) is 15.6 Å². The Morgan fingerprint density at radius 1 is 0.882 bits per heavy atom. The highest BCUT2D eigenvalue weighted by Crippen LogP contribution is 2.32. The SMILES string of the molecule is O=C(CCc1nc(-c2ccccc2)c(-c2ccccc2)o1)NCCNc1ccc([N+](=O)[O-])cc1. The highest BCUT2D eigenvalue weighted by Gasteiger charge is 2.17. The van der Waals surface area contributed by atoms with Gasteiger partial charge in [-0.1, -0.05) is 60.7 Å². The van der Waals surface area contributed by atoms with Crippen molar-refractivity contribution < 1.29 is 14.1 Å². The van der Waals surface area contributed by atoms with Crippen molar-refractivity contribution in [3.05, 3.63) is 101 Å². The third-order valence-corrected chi connectivity index (χ3v) is 5.18. The van der Waals surface area contributed by atoms with E-state index >= 15 is 0 Å². The minimum Gasteiger partial charge on any atom is -0.440 e. The summed E-state index contributed by atoms with van der Waals surface area (Å²) >= 11 is 0. The first-order valence-corrected chi connectivity index (χ1v) is 11.0. The van der Waals surface area contributed by atoms with Crippen molar-refractivity contribution in [1.29, 1.82) is 0 Å². The molecule has 0 radical (unpaired) electrons. The fraction of sp³-hybridized carbons (Fsp3) is 0.154. The molecular formula is C26H24N4O4. The van der Waals surface area contributed by atoms with Gasteiger partial charge >= 0.3 is 0 Å². The average molecular weight is 457 g/mol. The largest absolute Gasteiger partial charge is 0.440 e. The Labute approximate surface area is 196 Å². The van der Waals surface area contributed by atoms with E-state index in [1.54, 1.807) is 12.1 Å². The van der Waals surface area contributed by atoms with Crippen LogP contribution in [0.3, 0.4) is 0 Å². The highest BCUT2D eigenvalue weighted by molar-refractivity contribution is 5.78. The Morgan fingerprint density at radius 3 is 2.18 bits per heavy atom. The zero-order chi connectivity index (χ0) is 23.8. The molecule has 1 amide bonds. The van der Waals surface area contributed by atoms with Crippen LogP contribution >= 0.6 is 0 Å². The first kappa shape index (κ1) is 22.7. The zero-order valence-electron chi connectivity index (χ0n) is 18.4. The fourth-order valence-electron chi connectivity index (χ4n) is 3.47. The maximum Gasteiger partial charge on any atom is 0.269 e. The van der Waals surface area contributed by atoms with Crippen LogP contribution in [0.2, 0.25) is 0 Å². The van der Waals surface area contributed by atoms with Crippen molar-refractivity contribution in [2.75, 3.05) is 18.4 Å². The van der Waals surface area contributed by atoms with Crippen molar-refractivity contribution in [1.82, 2.24) is 10.3 Å². The standard InChI is InChI=1S/C26H24N4O4/c31-23(28-18-17-27-21-11-13-22(14-12-21)30(32)33)15-16-24-29-25(19-7-3-1-4-8-19)26(34-24)20-9-5-2-6-10-20/h1-14,27H,15-18H2,(H,28,31). The number of carbonyl (C=O) groups excluding carboxylic acids is 1. The number of amides is 1. The van der Waals surface area contributed by atoms with E-state index in [0.29, 0.717) is 31.2 Å². The minimum absolute atomic E-state index is 0.0382. The van der Waals surface area contributed by atoms with Crippen LogP contribution in [-0.2, 0) is 11.2 Å². The van der Waals surface area contributed by atoms with Crippen LogP contribution in [0.4, 0.5) is 11.4 Å². The highest BCUT2D eigenvalue weighted by atomic mass is 16.6. The second-order valence-electron chi connectivity index (χ2n) is 7.60. The summed E-state index contributed by atoms with van der Waals surface area (Å²) in [6.45, 7) is 0.921. The van der Waals surface area contributed by atoms with E-state index in [0.717, 1.165) is 22.5 Å². The van der Waals surface area contributed by atoms with Crippen LogP contribution in [0.15, 0.2) is 89.3 Å². The number of hydrogen-bond acceptors (Lipinski definition) is 6. The van der Waals surface area contributed by atoms with Crippen LogP contribution < -0.4 is 10.6 Å². The molecule has 8 heteroatoms. The van der Waals surface area contributed by atoms with E-state index in [9.17, 15) is 14.9 Å². The average Bonchev–Trinajstić information content (AvgIpc) is 3.31. The number of non-ortho nitro benzene ring substituents is 1. The molecule has 0 unspecified atom stereocenters. The van der Waals surface area contributed by atoms with Crippen LogP contribution in [0, 0.1) is 10.1 Å². The smallest absolute Gasteiger partial charge is 0.269 e. The molecule has 4 aromatic rings. The van der Waals surface area contributed by atoms with E-state index in [1.807, 2.05) is 60.7 Å². The second-order valence-corrected chi connectivity index (χ2v) is 7.60. The normalized spacial score (nSPS) is 10.6. The first-order valence-electron chi connectivity index (χ1n) is 11.0. The second kappa shape index (κ2) is 10.9. The van der Waals surface area contributed by atoms with Gasteiger partial charge in [-0.2, -0.15) is 0 Å². The monoisotopic (exact) mass is 456 g/mol. The molecule has 4 rings (SSSR count). The molecule has 172 valence electrons. The van der Waals surface area contributed by atoms with Gasteiger partial charge in [-0.15, -0.1) is 0 Å². The molecule has 1 aromatic heterocycles. The molecule has 0 saturated carbocycles. The lowest BCUT2D eigenvalue weighted by molar-refractivity contribution is -0.384. The van der Waals surface area contributed by atoms with E-state index in [1.165, 1.54) is 12.1 Å². The molecule has 8 nitrogen and oxygen atoms in total. The van der Waals surface area contributed by atoms with Gasteiger partial charge in [0.05, 0.1) is 4.92 Å². The summed E-state index contributed by atoms with van der Waals surface area (Å²) in [5, 5.41) is 16.7. The Hall–Kier alpha value is -4.46. The van der Waals surface area contributed by atoms with Gasteiger partial charge in [0, 0.05) is 54.9 Å². The number of aromatic nitrogens is 1. The van der Waals surface area contributed by atoms with Crippen molar-refractivity contribution in [2.45, 2.75) is 12.8 Å². The van der Waals surface area contributed by atoms with Gasteiger partial charge in [-0.25, -0.2) is 4.98 Å². The number of aryl methyl sites for hydroxylation is 1. The molecule has 0 aliphatic rings. The summed E-state index contributed by atoms with van der Waals surface area (Å²) in [5.74, 6) is 1.09. The lowest BCUT2D eigenvalue weighted by Gasteiger charge is -2.07. The van der Waals surface area contributed by atoms with Crippen molar-refractivity contribution in [2.24, 2.45) is 0 Å². The number of carbonyl (C=O) groups is 1. The molecule has 0 saturated heterocycles. The number of nitrogens with zero attached hydrogens (tertiary/aromatic N) is 2. The van der Waals surface area contributed by atoms with Gasteiger partial charge in [0.25, 0.3) is 5.69 Å². The van der Waals surface area contributed by atoms with E-state index in [-0.39, 0.29) is 18.0 Å². The topological polar surface area (TPSA) is 110 Å². The lowest BCUT2D eigenvalue weighted by atomic mass is 10.1. The van der Waals surface area contributed by atoms with Gasteiger partial charge in [0.1, 0.15) is 5.69 Å². The van der Waals surface area contributed by atoms with Crippen LogP contribution in [0.5, 0.6) is 0 Å². The van der Waals surface area contributed by atoms with Gasteiger partial charge in [-0.3, -0.25) is 14.9 Å². The Kier molecular flexibility index (Phi) is 7.29. The van der Waals surface area contributed by atoms with Gasteiger partial charge in [-0.05, 0) is 12.1 Å². The Bertz CT molecular complexity index is 1180. The Balaban J connectivity index is 1.31. The third-order valence-electron chi connectivity index (χ3n) is 5.18. The number of nitro benzene ring substituents is 1. The predicted octanol–water partition coefficient (Wildman–Crippen LogP) is 5.08. The maximum atomic E-state index is 12.3. The maximum absolute atomic E-state index is 12.3. The molecule has 34 heavy (non-hydrogen) atoms. The number of rotatable bonds is 10. The molecule has 0 aliphatic heterocycles. The number of benzene rings is 3. The molecule has 0 spiro atoms. The number of anilines is 1. The predicted molar refractivity (Wildman–Crippen MR) is 130 cm³/mol. The lowest BCUT2D eigenvalue weighted by Crippen LogP contribution is -2.28. The molecule has 2 N–H and O–H groups in total. The molecule has 3 aromatic carbocycles. The van der Waals surface area contributed by atoms with Gasteiger partial charge < -0.3 is 15.1 Å². The van der Waals surface area contributed by atoms with Crippen molar-refractivity contribution >= 4 is 17.3 Å². The number of nitro groups is 1. The number of oxazole rings is 1. The summed E-state index contributed by atoms with van der Waals surface area (Å²) < 4.78 is 6.06. The molecule has 0 atom stereocenters. The summed E-state index contributed by atoms with van der Waals surface area (Å²) in [4.78, 5) is 27.2. The first-order chi connectivity index (χ1) is 16.6. The number of nitrogens with one attached hydrogen (secondary N) is 2. The van der Waals surface area contributed by atoms with Crippen LogP contribution in [0.1, 0.15) is 12.3 Å². The number of hydrogen-bond donors (Lipinski definition) is 2. The molecule has 0 bridgehead atoms. The van der Waals surface area contributed by atoms with E-state index in [4.69, 9.17) is 4.42 Å². The fourth-order valence-corrected chi connectivity index (χ4v) is 3.47. The molecule has 0 aliphatic carbocycles. The summed E-state index contributed by atoms with van der Waals surface area (Å²) in [7, 11) is 0. The van der Waals surface area contributed by atoms with Gasteiger partial charge in [0.15, 0.2) is 11.7 Å². The Morgan fingerprint density at radius 2 is 1.53 bits per heavy atom. The molecule has 1 heterocycles. The third kappa shape index (κ3) is 5.86. The van der Waals surface area contributed by atoms with Crippen molar-refractivity contribution in [3.8, 4) is 22.6 Å². The molecule has 0 fully saturated rings. The summed E-state index contributed by atoms with van der Waals surface area (Å²) in [6.07, 6.45) is 0.634. The zero-order valence-corrected chi connectivity index (χ0v) is 18.4. The van der Waals surface area contributed by atoms with Gasteiger partial charge in [0.2, 0.25) is 5.91 Å². The minimum atomic E-state index is -0.441. The quantitative estimate of drug-likeness (QED) is 0.196. The van der Waals surface area contributed by atoms with Crippen molar-refractivity contribution in [3.63, 3.8) is 0 Å². The van der Waals surface area contributed by atoms with Crippen LogP contribution in [-0.4, -0.2) is 28.9 Å².